The lowest BCUT2D eigenvalue weighted by Crippen LogP contribution is -2.12. The molecule has 1 unspecified atom stereocenters. The van der Waals surface area contributed by atoms with Gasteiger partial charge >= 0.3 is 5.97 Å². The van der Waals surface area contributed by atoms with Crippen LogP contribution in [-0.4, -0.2) is 15.6 Å². The minimum absolute atomic E-state index is 0.352. The minimum Gasteiger partial charge on any atom is -0.488 e. The molecule has 158 valence electrons. The lowest BCUT2D eigenvalue weighted by atomic mass is 9.96. The number of ether oxygens (including phenoxy) is 1. The van der Waals surface area contributed by atoms with Gasteiger partial charge in [-0.15, -0.1) is 0 Å². The third-order valence-electron chi connectivity index (χ3n) is 5.54. The Bertz CT molecular complexity index is 1240. The summed E-state index contributed by atoms with van der Waals surface area (Å²) >= 11 is 6.29. The summed E-state index contributed by atoms with van der Waals surface area (Å²) in [5, 5.41) is 11.1. The number of carboxylic acid groups (broad SMARTS) is 1. The number of halogens is 1. The standard InChI is InChI=1S/C26H24ClNO3/c1-17(26(29)30)13-18-7-10-25(31-16-21-5-3-4-6-23(21)27)22(14-18)19-8-9-24-20(15-19)11-12-28(24)2/h3-12,14-15,17H,13,16H2,1-2H3,(H,29,30). The van der Waals surface area contributed by atoms with E-state index in [1.807, 2.05) is 55.7 Å². The Kier molecular flexibility index (Phi) is 6.01. The Hall–Kier alpha value is -3.24. The molecule has 0 saturated heterocycles. The first-order chi connectivity index (χ1) is 14.9. The molecule has 1 N–H and O–H groups in total. The zero-order valence-corrected chi connectivity index (χ0v) is 18.3. The van der Waals surface area contributed by atoms with E-state index in [0.717, 1.165) is 38.9 Å². The van der Waals surface area contributed by atoms with Crippen molar-refractivity contribution in [3.63, 3.8) is 0 Å². The van der Waals surface area contributed by atoms with Gasteiger partial charge in [0, 0.05) is 40.3 Å². The largest absolute Gasteiger partial charge is 0.488 e. The average molecular weight is 434 g/mol. The van der Waals surface area contributed by atoms with Gasteiger partial charge in [0.15, 0.2) is 0 Å². The SMILES string of the molecule is CC(Cc1ccc(OCc2ccccc2Cl)c(-c2ccc3c(ccn3C)c2)c1)C(=O)O. The van der Waals surface area contributed by atoms with E-state index < -0.39 is 11.9 Å². The van der Waals surface area contributed by atoms with Gasteiger partial charge in [-0.2, -0.15) is 0 Å². The zero-order chi connectivity index (χ0) is 22.0. The summed E-state index contributed by atoms with van der Waals surface area (Å²) in [5.74, 6) is -0.521. The summed E-state index contributed by atoms with van der Waals surface area (Å²) in [6, 6.07) is 21.9. The quantitative estimate of drug-likeness (QED) is 0.370. The van der Waals surface area contributed by atoms with Crippen molar-refractivity contribution >= 4 is 28.5 Å². The van der Waals surface area contributed by atoms with Crippen LogP contribution in [-0.2, 0) is 24.9 Å². The first kappa shape index (κ1) is 21.0. The van der Waals surface area contributed by atoms with Crippen LogP contribution in [0.3, 0.4) is 0 Å². The first-order valence-corrected chi connectivity index (χ1v) is 10.6. The Morgan fingerprint density at radius 3 is 2.68 bits per heavy atom. The van der Waals surface area contributed by atoms with Gasteiger partial charge in [0.25, 0.3) is 0 Å². The molecule has 1 heterocycles. The van der Waals surface area contributed by atoms with Crippen LogP contribution in [0, 0.1) is 5.92 Å². The normalized spacial score (nSPS) is 12.1. The number of rotatable bonds is 7. The number of benzene rings is 3. The van der Waals surface area contributed by atoms with Crippen LogP contribution in [0.4, 0.5) is 0 Å². The lowest BCUT2D eigenvalue weighted by Gasteiger charge is -2.15. The summed E-state index contributed by atoms with van der Waals surface area (Å²) in [6.45, 7) is 2.07. The number of hydrogen-bond acceptors (Lipinski definition) is 2. The van der Waals surface area contributed by atoms with Crippen molar-refractivity contribution in [2.45, 2.75) is 20.0 Å². The van der Waals surface area contributed by atoms with Gasteiger partial charge in [-0.25, -0.2) is 0 Å². The molecule has 0 spiro atoms. The number of carboxylic acids is 1. The number of hydrogen-bond donors (Lipinski definition) is 1. The molecule has 3 aromatic carbocycles. The maximum absolute atomic E-state index is 11.3. The highest BCUT2D eigenvalue weighted by Crippen LogP contribution is 2.34. The van der Waals surface area contributed by atoms with Gasteiger partial charge in [0.05, 0.1) is 5.92 Å². The molecule has 0 fully saturated rings. The van der Waals surface area contributed by atoms with Gasteiger partial charge < -0.3 is 14.4 Å². The smallest absolute Gasteiger partial charge is 0.306 e. The van der Waals surface area contributed by atoms with E-state index in [1.165, 1.54) is 0 Å². The van der Waals surface area contributed by atoms with Gasteiger partial charge in [0.1, 0.15) is 12.4 Å². The van der Waals surface area contributed by atoms with Crippen LogP contribution < -0.4 is 4.74 Å². The number of nitrogens with zero attached hydrogens (tertiary/aromatic N) is 1. The highest BCUT2D eigenvalue weighted by Gasteiger charge is 2.15. The number of carbonyl (C=O) groups is 1. The first-order valence-electron chi connectivity index (χ1n) is 10.2. The summed E-state index contributed by atoms with van der Waals surface area (Å²) in [4.78, 5) is 11.3. The van der Waals surface area contributed by atoms with E-state index in [-0.39, 0.29) is 0 Å². The molecule has 31 heavy (non-hydrogen) atoms. The van der Waals surface area contributed by atoms with Crippen molar-refractivity contribution in [3.8, 4) is 16.9 Å². The molecule has 0 amide bonds. The molecule has 0 aliphatic rings. The fourth-order valence-electron chi connectivity index (χ4n) is 3.72. The summed E-state index contributed by atoms with van der Waals surface area (Å²) in [5.41, 5.74) is 4.99. The van der Waals surface area contributed by atoms with E-state index in [9.17, 15) is 9.90 Å². The molecular weight excluding hydrogens is 410 g/mol. The van der Waals surface area contributed by atoms with Crippen LogP contribution in [0.5, 0.6) is 5.75 Å². The van der Waals surface area contributed by atoms with Gasteiger partial charge in [-0.3, -0.25) is 4.79 Å². The van der Waals surface area contributed by atoms with Gasteiger partial charge in [-0.05, 0) is 53.9 Å². The molecule has 4 nitrogen and oxygen atoms in total. The topological polar surface area (TPSA) is 51.5 Å². The summed E-state index contributed by atoms with van der Waals surface area (Å²) in [6.07, 6.45) is 2.49. The molecule has 0 aliphatic heterocycles. The molecule has 5 heteroatoms. The molecule has 4 aromatic rings. The monoisotopic (exact) mass is 433 g/mol. The predicted octanol–water partition coefficient (Wildman–Crippen LogP) is 6.34. The fourth-order valence-corrected chi connectivity index (χ4v) is 3.91. The highest BCUT2D eigenvalue weighted by atomic mass is 35.5. The van der Waals surface area contributed by atoms with Crippen LogP contribution in [0.2, 0.25) is 5.02 Å². The third-order valence-corrected chi connectivity index (χ3v) is 5.91. The summed E-state index contributed by atoms with van der Waals surface area (Å²) in [7, 11) is 2.02. The van der Waals surface area contributed by atoms with Crippen LogP contribution in [0.25, 0.3) is 22.0 Å². The van der Waals surface area contributed by atoms with Crippen molar-refractivity contribution in [1.29, 1.82) is 0 Å². The van der Waals surface area contributed by atoms with Crippen molar-refractivity contribution in [2.24, 2.45) is 13.0 Å². The fraction of sp³-hybridized carbons (Fsp3) is 0.192. The van der Waals surface area contributed by atoms with Gasteiger partial charge in [-0.1, -0.05) is 48.9 Å². The number of fused-ring (bicyclic) bond motifs is 1. The zero-order valence-electron chi connectivity index (χ0n) is 17.5. The Morgan fingerprint density at radius 1 is 1.10 bits per heavy atom. The van der Waals surface area contributed by atoms with E-state index in [0.29, 0.717) is 18.1 Å². The third kappa shape index (κ3) is 4.59. The number of aryl methyl sites for hydroxylation is 1. The lowest BCUT2D eigenvalue weighted by molar-refractivity contribution is -0.141. The van der Waals surface area contributed by atoms with E-state index in [1.54, 1.807) is 6.92 Å². The second-order valence-corrected chi connectivity index (χ2v) is 8.26. The Morgan fingerprint density at radius 2 is 1.90 bits per heavy atom. The van der Waals surface area contributed by atoms with Crippen molar-refractivity contribution in [2.75, 3.05) is 0 Å². The molecule has 4 rings (SSSR count). The molecule has 1 atom stereocenters. The van der Waals surface area contributed by atoms with Crippen LogP contribution in [0.1, 0.15) is 18.1 Å². The minimum atomic E-state index is -0.800. The molecule has 0 aliphatic carbocycles. The molecule has 1 aromatic heterocycles. The van der Waals surface area contributed by atoms with Gasteiger partial charge in [0.2, 0.25) is 0 Å². The molecule has 0 bridgehead atoms. The van der Waals surface area contributed by atoms with Crippen molar-refractivity contribution in [1.82, 2.24) is 4.57 Å². The molecular formula is C26H24ClNO3. The maximum atomic E-state index is 11.3. The van der Waals surface area contributed by atoms with Crippen molar-refractivity contribution in [3.05, 3.63) is 89.1 Å². The number of aliphatic carboxylic acids is 1. The van der Waals surface area contributed by atoms with Crippen LogP contribution in [0.15, 0.2) is 72.9 Å². The second kappa shape index (κ2) is 8.86. The predicted molar refractivity (Wildman–Crippen MR) is 125 cm³/mol. The highest BCUT2D eigenvalue weighted by molar-refractivity contribution is 6.31. The average Bonchev–Trinajstić information content (AvgIpc) is 3.13. The number of aromatic nitrogens is 1. The van der Waals surface area contributed by atoms with E-state index in [2.05, 4.69) is 28.8 Å². The summed E-state index contributed by atoms with van der Waals surface area (Å²) < 4.78 is 8.26. The van der Waals surface area contributed by atoms with E-state index in [4.69, 9.17) is 16.3 Å². The van der Waals surface area contributed by atoms with E-state index >= 15 is 0 Å². The molecule has 0 saturated carbocycles. The Labute approximate surface area is 186 Å². The maximum Gasteiger partial charge on any atom is 0.306 e. The van der Waals surface area contributed by atoms with Crippen molar-refractivity contribution < 1.29 is 14.6 Å². The Balaban J connectivity index is 1.72. The molecule has 0 radical (unpaired) electrons. The second-order valence-electron chi connectivity index (χ2n) is 7.85. The van der Waals surface area contributed by atoms with Crippen LogP contribution >= 0.6 is 11.6 Å².